The largest absolute Gasteiger partial charge is 0.493 e. The van der Waals surface area contributed by atoms with Crippen molar-refractivity contribution in [1.29, 1.82) is 0 Å². The highest BCUT2D eigenvalue weighted by Gasteiger charge is 2.31. The van der Waals surface area contributed by atoms with Crippen LogP contribution in [0.25, 0.3) is 0 Å². The van der Waals surface area contributed by atoms with Crippen LogP contribution in [0.1, 0.15) is 34.1 Å². The summed E-state index contributed by atoms with van der Waals surface area (Å²) in [6.07, 6.45) is -0.755. The molecule has 1 aliphatic heterocycles. The second-order valence-electron chi connectivity index (χ2n) is 7.70. The number of halogens is 2. The van der Waals surface area contributed by atoms with Crippen LogP contribution in [-0.2, 0) is 11.3 Å². The number of anilines is 1. The van der Waals surface area contributed by atoms with Crippen molar-refractivity contribution in [1.82, 2.24) is 5.01 Å². The zero-order chi connectivity index (χ0) is 25.7. The number of hydrogen-bond donors (Lipinski definition) is 1. The first-order valence-corrected chi connectivity index (χ1v) is 11.9. The van der Waals surface area contributed by atoms with Crippen LogP contribution < -0.4 is 14.8 Å². The number of nitrogens with one attached hydrogen (secondary N) is 1. The highest BCUT2D eigenvalue weighted by atomic mass is 32.1. The highest BCUT2D eigenvalue weighted by molar-refractivity contribution is 7.12. The lowest BCUT2D eigenvalue weighted by molar-refractivity contribution is -0.0512. The van der Waals surface area contributed by atoms with Crippen molar-refractivity contribution in [3.05, 3.63) is 76.0 Å². The smallest absolute Gasteiger partial charge is 0.431 e. The van der Waals surface area contributed by atoms with Crippen molar-refractivity contribution in [2.75, 3.05) is 12.4 Å². The van der Waals surface area contributed by atoms with E-state index in [0.717, 1.165) is 5.56 Å². The van der Waals surface area contributed by atoms with Crippen LogP contribution in [0.2, 0.25) is 0 Å². The summed E-state index contributed by atoms with van der Waals surface area (Å²) in [5.41, 5.74) is 2.38. The van der Waals surface area contributed by atoms with Crippen molar-refractivity contribution in [3.63, 3.8) is 0 Å². The van der Waals surface area contributed by atoms with E-state index in [1.54, 1.807) is 42.5 Å². The second-order valence-corrected chi connectivity index (χ2v) is 8.64. The van der Waals surface area contributed by atoms with Crippen molar-refractivity contribution < 1.29 is 32.6 Å². The number of amides is 2. The number of ether oxygens (including phenoxy) is 3. The van der Waals surface area contributed by atoms with Crippen molar-refractivity contribution in [3.8, 4) is 11.5 Å². The number of methoxy groups -OCH3 is 1. The summed E-state index contributed by atoms with van der Waals surface area (Å²) in [7, 11) is 1.34. The molecule has 2 aromatic carbocycles. The van der Waals surface area contributed by atoms with Gasteiger partial charge in [-0.3, -0.25) is 4.79 Å². The van der Waals surface area contributed by atoms with Crippen LogP contribution >= 0.6 is 11.3 Å². The lowest BCUT2D eigenvalue weighted by atomic mass is 10.0. The zero-order valence-electron chi connectivity index (χ0n) is 19.4. The van der Waals surface area contributed by atoms with E-state index in [2.05, 4.69) is 15.2 Å². The number of hydrogen-bond acceptors (Lipinski definition) is 7. The molecule has 1 atom stereocenters. The fourth-order valence-corrected chi connectivity index (χ4v) is 4.20. The Hall–Kier alpha value is -3.99. The third-order valence-electron chi connectivity index (χ3n) is 5.32. The van der Waals surface area contributed by atoms with Gasteiger partial charge in [-0.15, -0.1) is 11.3 Å². The van der Waals surface area contributed by atoms with E-state index in [4.69, 9.17) is 9.47 Å². The summed E-state index contributed by atoms with van der Waals surface area (Å²) < 4.78 is 40.6. The predicted octanol–water partition coefficient (Wildman–Crippen LogP) is 5.75. The number of nitrogens with zero attached hydrogens (tertiary/aromatic N) is 2. The molecular formula is C25H23F2N3O5S. The van der Waals surface area contributed by atoms with Gasteiger partial charge >= 0.3 is 12.7 Å². The fourth-order valence-electron chi connectivity index (χ4n) is 3.58. The molecule has 0 fully saturated rings. The van der Waals surface area contributed by atoms with Crippen LogP contribution in [0.3, 0.4) is 0 Å². The molecular weight excluding hydrogens is 492 g/mol. The summed E-state index contributed by atoms with van der Waals surface area (Å²) >= 11 is 1.35. The maximum Gasteiger partial charge on any atom is 0.431 e. The summed E-state index contributed by atoms with van der Waals surface area (Å²) in [5, 5.41) is 10.4. The molecule has 1 unspecified atom stereocenters. The molecule has 8 nitrogen and oxygen atoms in total. The lowest BCUT2D eigenvalue weighted by Gasteiger charge is -2.29. The van der Waals surface area contributed by atoms with E-state index in [9.17, 15) is 18.4 Å². The van der Waals surface area contributed by atoms with Gasteiger partial charge in [0.05, 0.1) is 18.5 Å². The maximum absolute atomic E-state index is 12.7. The average Bonchev–Trinajstić information content (AvgIpc) is 3.41. The Morgan fingerprint density at radius 3 is 2.61 bits per heavy atom. The highest BCUT2D eigenvalue weighted by Crippen LogP contribution is 2.31. The average molecular weight is 516 g/mol. The molecule has 3 aromatic rings. The number of hydrazone groups is 1. The Kier molecular flexibility index (Phi) is 7.79. The molecule has 0 radical (unpaired) electrons. The lowest BCUT2D eigenvalue weighted by Crippen LogP contribution is -2.41. The van der Waals surface area contributed by atoms with Gasteiger partial charge in [0.15, 0.2) is 11.5 Å². The molecule has 1 aliphatic rings. The molecule has 4 rings (SSSR count). The number of carbonyl (C=O) groups is 2. The van der Waals surface area contributed by atoms with Crippen LogP contribution in [0.5, 0.6) is 11.5 Å². The van der Waals surface area contributed by atoms with Gasteiger partial charge in [0, 0.05) is 11.3 Å². The minimum Gasteiger partial charge on any atom is -0.493 e. The van der Waals surface area contributed by atoms with Gasteiger partial charge in [-0.2, -0.15) is 18.9 Å². The Bertz CT molecular complexity index is 1250. The molecule has 36 heavy (non-hydrogen) atoms. The van der Waals surface area contributed by atoms with Crippen molar-refractivity contribution >= 4 is 34.7 Å². The van der Waals surface area contributed by atoms with Crippen LogP contribution in [-0.4, -0.2) is 42.5 Å². The Morgan fingerprint density at radius 1 is 1.19 bits per heavy atom. The molecule has 0 aliphatic carbocycles. The number of alkyl halides is 2. The quantitative estimate of drug-likeness (QED) is 0.392. The third kappa shape index (κ3) is 5.80. The fraction of sp³-hybridized carbons (Fsp3) is 0.240. The number of carbonyl (C=O) groups excluding carboxylic acids is 2. The Labute approximate surface area is 210 Å². The first kappa shape index (κ1) is 25.1. The third-order valence-corrected chi connectivity index (χ3v) is 6.19. The predicted molar refractivity (Wildman–Crippen MR) is 131 cm³/mol. The number of cyclic esters (lactones) is 1. The first-order valence-electron chi connectivity index (χ1n) is 11.0. The minimum atomic E-state index is -2.99. The van der Waals surface area contributed by atoms with Crippen LogP contribution in [0, 0.1) is 0 Å². The number of thiophene rings is 1. The van der Waals surface area contributed by atoms with E-state index in [1.807, 2.05) is 12.3 Å². The van der Waals surface area contributed by atoms with Crippen molar-refractivity contribution in [2.45, 2.75) is 32.6 Å². The molecule has 0 bridgehead atoms. The van der Waals surface area contributed by atoms with E-state index in [1.165, 1.54) is 35.6 Å². The zero-order valence-corrected chi connectivity index (χ0v) is 20.3. The molecule has 11 heteroatoms. The standard InChI is InChI=1S/C25H23F2N3O5S/c1-3-18-22(16-8-11-19(34-24(26)27)20(13-16)33-2)29-30(25(32)35-18)14-15-6-9-17(10-7-15)28-23(31)21-5-4-12-36-21/h4-13,18,24H,3,14H2,1-2H3,(H,28,31). The molecule has 0 saturated heterocycles. The van der Waals surface area contributed by atoms with Crippen molar-refractivity contribution in [2.24, 2.45) is 5.10 Å². The summed E-state index contributed by atoms with van der Waals surface area (Å²) in [6, 6.07) is 15.0. The Balaban J connectivity index is 1.53. The Morgan fingerprint density at radius 2 is 1.97 bits per heavy atom. The normalized spacial score (nSPS) is 15.4. The van der Waals surface area contributed by atoms with Gasteiger partial charge in [-0.25, -0.2) is 4.79 Å². The van der Waals surface area contributed by atoms with Gasteiger partial charge in [0.2, 0.25) is 0 Å². The molecule has 188 valence electrons. The van der Waals surface area contributed by atoms with Gasteiger partial charge < -0.3 is 19.5 Å². The maximum atomic E-state index is 12.7. The van der Waals surface area contributed by atoms with Gasteiger partial charge in [-0.1, -0.05) is 25.1 Å². The van der Waals surface area contributed by atoms with Gasteiger partial charge in [-0.05, 0) is 53.8 Å². The molecule has 2 amide bonds. The molecule has 1 N–H and O–H groups in total. The summed E-state index contributed by atoms with van der Waals surface area (Å²) in [5.74, 6) is -0.201. The van der Waals surface area contributed by atoms with Crippen LogP contribution in [0.15, 0.2) is 65.1 Å². The molecule has 0 spiro atoms. The van der Waals surface area contributed by atoms with E-state index in [0.29, 0.717) is 28.3 Å². The van der Waals surface area contributed by atoms with Gasteiger partial charge in [0.1, 0.15) is 11.8 Å². The minimum absolute atomic E-state index is 0.106. The van der Waals surface area contributed by atoms with Crippen LogP contribution in [0.4, 0.5) is 19.3 Å². The summed E-state index contributed by atoms with van der Waals surface area (Å²) in [6.45, 7) is -1.02. The first-order chi connectivity index (χ1) is 17.4. The SMILES string of the molecule is CCC1OC(=O)N(Cc2ccc(NC(=O)c3cccs3)cc2)N=C1c1ccc(OC(F)F)c(OC)c1. The second kappa shape index (κ2) is 11.2. The molecule has 0 saturated carbocycles. The number of benzene rings is 2. The van der Waals surface area contributed by atoms with E-state index < -0.39 is 18.8 Å². The van der Waals surface area contributed by atoms with Gasteiger partial charge in [0.25, 0.3) is 5.91 Å². The summed E-state index contributed by atoms with van der Waals surface area (Å²) in [4.78, 5) is 25.4. The van der Waals surface area contributed by atoms with E-state index >= 15 is 0 Å². The topological polar surface area (TPSA) is 89.5 Å². The molecule has 2 heterocycles. The molecule has 1 aromatic heterocycles. The van der Waals surface area contributed by atoms with E-state index in [-0.39, 0.29) is 24.0 Å². The monoisotopic (exact) mass is 515 g/mol. The number of rotatable bonds is 9.